The second-order valence-electron chi connectivity index (χ2n) is 6.81. The summed E-state index contributed by atoms with van der Waals surface area (Å²) in [5.74, 6) is 0.399. The Morgan fingerprint density at radius 3 is 2.76 bits per heavy atom. The first kappa shape index (κ1) is 20.8. The van der Waals surface area contributed by atoms with E-state index in [1.165, 1.54) is 5.57 Å². The van der Waals surface area contributed by atoms with Crippen LogP contribution in [0.1, 0.15) is 52.7 Å². The maximum absolute atomic E-state index is 12.4. The summed E-state index contributed by atoms with van der Waals surface area (Å²) in [4.78, 5) is 16.4. The molecule has 1 N–H and O–H groups in total. The van der Waals surface area contributed by atoms with Crippen molar-refractivity contribution in [2.75, 3.05) is 6.54 Å². The van der Waals surface area contributed by atoms with E-state index in [1.54, 1.807) is 18.5 Å². The fourth-order valence-corrected chi connectivity index (χ4v) is 3.31. The van der Waals surface area contributed by atoms with Gasteiger partial charge in [-0.3, -0.25) is 9.78 Å². The molecule has 0 fully saturated rings. The van der Waals surface area contributed by atoms with Gasteiger partial charge in [0.1, 0.15) is 5.76 Å². The third-order valence-electron chi connectivity index (χ3n) is 4.60. The minimum atomic E-state index is -0.242. The summed E-state index contributed by atoms with van der Waals surface area (Å²) >= 11 is 6.17. The molecule has 29 heavy (non-hydrogen) atoms. The van der Waals surface area contributed by atoms with Gasteiger partial charge in [0.15, 0.2) is 5.69 Å². The van der Waals surface area contributed by atoms with Gasteiger partial charge in [0, 0.05) is 36.4 Å². The monoisotopic (exact) mass is 409 g/mol. The van der Waals surface area contributed by atoms with Gasteiger partial charge < -0.3 is 9.84 Å². The molecule has 0 aliphatic carbocycles. The number of nitrogens with one attached hydrogen (secondary N) is 1. The molecule has 0 unspecified atom stereocenters. The van der Waals surface area contributed by atoms with Crippen molar-refractivity contribution in [2.24, 2.45) is 0 Å². The number of hydrogen-bond acceptors (Lipinski definition) is 4. The first-order valence-corrected chi connectivity index (χ1v) is 10.0. The second-order valence-corrected chi connectivity index (χ2v) is 7.25. The van der Waals surface area contributed by atoms with Gasteiger partial charge in [-0.05, 0) is 66.3 Å². The Hall–Kier alpha value is -2.92. The largest absolute Gasteiger partial charge is 0.360 e. The molecule has 0 saturated heterocycles. The van der Waals surface area contributed by atoms with Crippen molar-refractivity contribution in [3.05, 3.63) is 88.0 Å². The maximum Gasteiger partial charge on any atom is 0.273 e. The first-order chi connectivity index (χ1) is 14.1. The summed E-state index contributed by atoms with van der Waals surface area (Å²) in [6, 6.07) is 11.4. The number of carbonyl (C=O) groups excluding carboxylic acids is 1. The number of carbonyl (C=O) groups is 1. The van der Waals surface area contributed by atoms with E-state index >= 15 is 0 Å². The molecule has 3 aromatic rings. The standard InChI is InChI=1S/C23H24ClN3O2/c1-3-4-18(21-14-19(24)6-5-16(21)2)9-12-26-23(28)22-15-20(29-27-22)13-17-7-10-25-11-8-17/h4-8,10-11,14-15H,3,9,12-13H2,1-2H3,(H,26,28). The lowest BCUT2D eigenvalue weighted by Gasteiger charge is -2.12. The van der Waals surface area contributed by atoms with Crippen LogP contribution in [0.4, 0.5) is 0 Å². The van der Waals surface area contributed by atoms with Crippen LogP contribution >= 0.6 is 11.6 Å². The van der Waals surface area contributed by atoms with Crippen LogP contribution in [-0.4, -0.2) is 22.6 Å². The summed E-state index contributed by atoms with van der Waals surface area (Å²) in [7, 11) is 0. The van der Waals surface area contributed by atoms with Gasteiger partial charge in [-0.15, -0.1) is 0 Å². The number of aryl methyl sites for hydroxylation is 1. The van der Waals surface area contributed by atoms with E-state index in [0.717, 1.165) is 23.1 Å². The zero-order valence-corrected chi connectivity index (χ0v) is 17.4. The van der Waals surface area contributed by atoms with Crippen molar-refractivity contribution >= 4 is 23.1 Å². The van der Waals surface area contributed by atoms with E-state index in [2.05, 4.69) is 35.4 Å². The normalized spacial score (nSPS) is 11.5. The molecule has 0 spiro atoms. The van der Waals surface area contributed by atoms with Crippen molar-refractivity contribution in [3.8, 4) is 0 Å². The molecule has 0 bridgehead atoms. The molecule has 3 rings (SSSR count). The van der Waals surface area contributed by atoms with Crippen LogP contribution in [0.15, 0.2) is 59.4 Å². The fraction of sp³-hybridized carbons (Fsp3) is 0.261. The highest BCUT2D eigenvalue weighted by Crippen LogP contribution is 2.25. The van der Waals surface area contributed by atoms with E-state index in [-0.39, 0.29) is 11.6 Å². The van der Waals surface area contributed by atoms with Crippen molar-refractivity contribution in [1.29, 1.82) is 0 Å². The predicted molar refractivity (Wildman–Crippen MR) is 115 cm³/mol. The minimum absolute atomic E-state index is 0.242. The number of amides is 1. The van der Waals surface area contributed by atoms with Crippen LogP contribution in [0, 0.1) is 6.92 Å². The predicted octanol–water partition coefficient (Wildman–Crippen LogP) is 5.24. The molecule has 2 aromatic heterocycles. The van der Waals surface area contributed by atoms with Gasteiger partial charge in [0.2, 0.25) is 0 Å². The van der Waals surface area contributed by atoms with E-state index in [0.29, 0.717) is 30.2 Å². The van der Waals surface area contributed by atoms with Crippen molar-refractivity contribution in [1.82, 2.24) is 15.5 Å². The van der Waals surface area contributed by atoms with Crippen molar-refractivity contribution in [2.45, 2.75) is 33.1 Å². The number of hydrogen-bond donors (Lipinski definition) is 1. The molecule has 0 aliphatic heterocycles. The molecule has 1 amide bonds. The number of pyridine rings is 1. The highest BCUT2D eigenvalue weighted by atomic mass is 35.5. The molecule has 150 valence electrons. The van der Waals surface area contributed by atoms with Gasteiger partial charge in [-0.2, -0.15) is 0 Å². The summed E-state index contributed by atoms with van der Waals surface area (Å²) in [6.07, 6.45) is 7.82. The molecule has 0 radical (unpaired) electrons. The number of allylic oxidation sites excluding steroid dienone is 1. The lowest BCUT2D eigenvalue weighted by Crippen LogP contribution is -2.25. The molecule has 5 nitrogen and oxygen atoms in total. The molecule has 0 aliphatic rings. The van der Waals surface area contributed by atoms with Crippen LogP contribution in [0.5, 0.6) is 0 Å². The maximum atomic E-state index is 12.4. The Bertz CT molecular complexity index is 996. The molecule has 1 aromatic carbocycles. The number of nitrogens with zero attached hydrogens (tertiary/aromatic N) is 2. The van der Waals surface area contributed by atoms with E-state index in [4.69, 9.17) is 16.1 Å². The molecule has 2 heterocycles. The average molecular weight is 410 g/mol. The Morgan fingerprint density at radius 1 is 1.21 bits per heavy atom. The van der Waals surface area contributed by atoms with Gasteiger partial charge in [-0.1, -0.05) is 35.8 Å². The lowest BCUT2D eigenvalue weighted by molar-refractivity contribution is 0.0945. The Labute approximate surface area is 175 Å². The number of rotatable bonds is 8. The van der Waals surface area contributed by atoms with Crippen molar-refractivity contribution in [3.63, 3.8) is 0 Å². The van der Waals surface area contributed by atoms with Gasteiger partial charge >= 0.3 is 0 Å². The molecular weight excluding hydrogens is 386 g/mol. The second kappa shape index (κ2) is 10.0. The first-order valence-electron chi connectivity index (χ1n) is 9.65. The SMILES string of the molecule is CCC=C(CCNC(=O)c1cc(Cc2ccncc2)on1)c1cc(Cl)ccc1C. The highest BCUT2D eigenvalue weighted by Gasteiger charge is 2.13. The molecular formula is C23H24ClN3O2. The lowest BCUT2D eigenvalue weighted by atomic mass is 9.97. The van der Waals surface area contributed by atoms with E-state index in [9.17, 15) is 4.79 Å². The van der Waals surface area contributed by atoms with Crippen LogP contribution in [0.3, 0.4) is 0 Å². The van der Waals surface area contributed by atoms with Gasteiger partial charge in [0.25, 0.3) is 5.91 Å². The van der Waals surface area contributed by atoms with Crippen LogP contribution in [0.2, 0.25) is 5.02 Å². The third-order valence-corrected chi connectivity index (χ3v) is 4.83. The molecule has 0 atom stereocenters. The van der Waals surface area contributed by atoms with Gasteiger partial charge in [0.05, 0.1) is 0 Å². The van der Waals surface area contributed by atoms with E-state index in [1.807, 2.05) is 30.3 Å². The zero-order valence-electron chi connectivity index (χ0n) is 16.6. The van der Waals surface area contributed by atoms with Crippen molar-refractivity contribution < 1.29 is 9.32 Å². The number of aromatic nitrogens is 2. The zero-order chi connectivity index (χ0) is 20.6. The minimum Gasteiger partial charge on any atom is -0.360 e. The smallest absolute Gasteiger partial charge is 0.273 e. The number of halogens is 1. The Balaban J connectivity index is 1.58. The van der Waals surface area contributed by atoms with E-state index < -0.39 is 0 Å². The Morgan fingerprint density at radius 2 is 2.00 bits per heavy atom. The quantitative estimate of drug-likeness (QED) is 0.552. The van der Waals surface area contributed by atoms with Crippen LogP contribution in [0.25, 0.3) is 5.57 Å². The highest BCUT2D eigenvalue weighted by molar-refractivity contribution is 6.30. The fourth-order valence-electron chi connectivity index (χ4n) is 3.14. The molecule has 6 heteroatoms. The van der Waals surface area contributed by atoms with Crippen LogP contribution in [-0.2, 0) is 6.42 Å². The summed E-state index contributed by atoms with van der Waals surface area (Å²) < 4.78 is 5.30. The summed E-state index contributed by atoms with van der Waals surface area (Å²) in [5, 5.41) is 7.53. The molecule has 0 saturated carbocycles. The third kappa shape index (κ3) is 5.78. The average Bonchev–Trinajstić information content (AvgIpc) is 3.18. The topological polar surface area (TPSA) is 68.0 Å². The number of benzene rings is 1. The summed E-state index contributed by atoms with van der Waals surface area (Å²) in [6.45, 7) is 4.66. The summed E-state index contributed by atoms with van der Waals surface area (Å²) in [5.41, 5.74) is 4.79. The van der Waals surface area contributed by atoms with Crippen LogP contribution < -0.4 is 5.32 Å². The van der Waals surface area contributed by atoms with Gasteiger partial charge in [-0.25, -0.2) is 0 Å². The Kier molecular flexibility index (Phi) is 7.19.